The van der Waals surface area contributed by atoms with E-state index in [-0.39, 0.29) is 35.2 Å². The summed E-state index contributed by atoms with van der Waals surface area (Å²) in [6.07, 6.45) is 3.97. The summed E-state index contributed by atoms with van der Waals surface area (Å²) in [7, 11) is 0. The molecule has 0 bridgehead atoms. The third kappa shape index (κ3) is 2.97. The van der Waals surface area contributed by atoms with Gasteiger partial charge in [-0.1, -0.05) is 13.0 Å². The number of esters is 2. The van der Waals surface area contributed by atoms with Crippen LogP contribution in [-0.2, 0) is 25.5 Å². The zero-order valence-corrected chi connectivity index (χ0v) is 16.1. The van der Waals surface area contributed by atoms with Gasteiger partial charge < -0.3 is 9.47 Å². The van der Waals surface area contributed by atoms with Crippen LogP contribution in [0.1, 0.15) is 63.5 Å². The highest BCUT2D eigenvalue weighted by Crippen LogP contribution is 2.60. The van der Waals surface area contributed by atoms with E-state index in [2.05, 4.69) is 6.92 Å². The Balaban J connectivity index is 1.65. The topological polar surface area (TPSA) is 69.7 Å². The van der Waals surface area contributed by atoms with E-state index in [0.29, 0.717) is 24.0 Å². The van der Waals surface area contributed by atoms with Crippen molar-refractivity contribution in [3.8, 4) is 5.75 Å². The van der Waals surface area contributed by atoms with Gasteiger partial charge in [0.2, 0.25) is 0 Å². The van der Waals surface area contributed by atoms with E-state index >= 15 is 0 Å². The van der Waals surface area contributed by atoms with Gasteiger partial charge in [0.15, 0.2) is 0 Å². The average Bonchev–Trinajstić information content (AvgIpc) is 2.89. The van der Waals surface area contributed by atoms with Gasteiger partial charge in [-0.25, -0.2) is 0 Å². The molecule has 4 rings (SSSR count). The van der Waals surface area contributed by atoms with E-state index in [1.54, 1.807) is 6.07 Å². The molecule has 0 amide bonds. The molecule has 0 spiro atoms. The van der Waals surface area contributed by atoms with Gasteiger partial charge in [-0.2, -0.15) is 0 Å². The molecule has 2 fully saturated rings. The monoisotopic (exact) mass is 370 g/mol. The van der Waals surface area contributed by atoms with Gasteiger partial charge in [0.25, 0.3) is 0 Å². The number of aryl methyl sites for hydroxylation is 1. The Morgan fingerprint density at radius 2 is 1.89 bits per heavy atom. The zero-order valence-electron chi connectivity index (χ0n) is 16.1. The molecule has 1 aromatic carbocycles. The van der Waals surface area contributed by atoms with Crippen molar-refractivity contribution >= 4 is 17.7 Å². The van der Waals surface area contributed by atoms with Gasteiger partial charge in [-0.15, -0.1) is 0 Å². The molecule has 0 heterocycles. The van der Waals surface area contributed by atoms with Crippen LogP contribution in [0.3, 0.4) is 0 Å². The molecule has 5 heteroatoms. The molecular formula is C22H26O5. The average molecular weight is 370 g/mol. The number of Topliss-reactive ketones (excluding diaryl/α,β-unsaturated/α-hetero) is 1. The predicted molar refractivity (Wildman–Crippen MR) is 98.3 cm³/mol. The highest BCUT2D eigenvalue weighted by Gasteiger charge is 2.59. The first kappa shape index (κ1) is 18.2. The highest BCUT2D eigenvalue weighted by molar-refractivity contribution is 5.89. The number of carbonyl (C=O) groups is 3. The quantitative estimate of drug-likeness (QED) is 0.588. The van der Waals surface area contributed by atoms with Crippen molar-refractivity contribution in [2.24, 2.45) is 17.3 Å². The normalized spacial score (nSPS) is 34.3. The Morgan fingerprint density at radius 3 is 2.59 bits per heavy atom. The Bertz CT molecular complexity index is 813. The van der Waals surface area contributed by atoms with E-state index < -0.39 is 0 Å². The fraction of sp³-hybridized carbons (Fsp3) is 0.591. The summed E-state index contributed by atoms with van der Waals surface area (Å²) in [5.74, 6) is 0.797. The van der Waals surface area contributed by atoms with Crippen LogP contribution in [0.5, 0.6) is 5.75 Å². The summed E-state index contributed by atoms with van der Waals surface area (Å²) in [6.45, 7) is 4.97. The first-order valence-electron chi connectivity index (χ1n) is 9.81. The van der Waals surface area contributed by atoms with Gasteiger partial charge in [0, 0.05) is 31.6 Å². The molecule has 5 nitrogen and oxygen atoms in total. The molecule has 3 aliphatic rings. The van der Waals surface area contributed by atoms with Crippen molar-refractivity contribution in [3.63, 3.8) is 0 Å². The van der Waals surface area contributed by atoms with E-state index in [0.717, 1.165) is 36.8 Å². The first-order valence-corrected chi connectivity index (χ1v) is 9.81. The van der Waals surface area contributed by atoms with Crippen molar-refractivity contribution < 1.29 is 23.9 Å². The number of hydrogen-bond donors (Lipinski definition) is 0. The SMILES string of the molecule is CC(=O)Oc1ccc2c(c1)CCC1C2C(=O)CC2(C)C(OC(C)=O)CCC12. The second kappa shape index (κ2) is 6.47. The largest absolute Gasteiger partial charge is 0.462 e. The molecule has 0 N–H and O–H groups in total. The standard InChI is InChI=1S/C22H26O5/c1-12(23)26-15-5-7-16-14(10-15)4-6-17-18-8-9-20(27-13(2)24)22(18,3)11-19(25)21(16)17/h5,7,10,17-18,20-21H,4,6,8-9,11H2,1-3H3. The number of benzene rings is 1. The van der Waals surface area contributed by atoms with Crippen LogP contribution >= 0.6 is 0 Å². The third-order valence-corrected chi connectivity index (χ3v) is 6.94. The molecule has 0 aliphatic heterocycles. The summed E-state index contributed by atoms with van der Waals surface area (Å²) in [4.78, 5) is 35.9. The lowest BCUT2D eigenvalue weighted by Gasteiger charge is -2.49. The number of fused-ring (bicyclic) bond motifs is 5. The second-order valence-corrected chi connectivity index (χ2v) is 8.57. The van der Waals surface area contributed by atoms with Gasteiger partial charge in [-0.05, 0) is 60.8 Å². The number of rotatable bonds is 2. The molecule has 27 heavy (non-hydrogen) atoms. The maximum atomic E-state index is 13.2. The van der Waals surface area contributed by atoms with Crippen molar-refractivity contribution in [2.45, 2.75) is 64.9 Å². The molecule has 3 aliphatic carbocycles. The Morgan fingerprint density at radius 1 is 1.11 bits per heavy atom. The molecule has 5 atom stereocenters. The maximum absolute atomic E-state index is 13.2. The minimum Gasteiger partial charge on any atom is -0.462 e. The first-order chi connectivity index (χ1) is 12.8. The summed E-state index contributed by atoms with van der Waals surface area (Å²) >= 11 is 0. The van der Waals surface area contributed by atoms with Crippen molar-refractivity contribution in [3.05, 3.63) is 29.3 Å². The van der Waals surface area contributed by atoms with E-state index in [4.69, 9.17) is 9.47 Å². The van der Waals surface area contributed by atoms with Crippen LogP contribution in [0.2, 0.25) is 0 Å². The number of carbonyl (C=O) groups excluding carboxylic acids is 3. The van der Waals surface area contributed by atoms with Gasteiger partial charge in [0.1, 0.15) is 17.6 Å². The Kier molecular flexibility index (Phi) is 4.36. The Hall–Kier alpha value is -2.17. The fourth-order valence-corrected chi connectivity index (χ4v) is 5.95. The van der Waals surface area contributed by atoms with E-state index in [1.807, 2.05) is 12.1 Å². The van der Waals surface area contributed by atoms with Crippen LogP contribution in [0.4, 0.5) is 0 Å². The van der Waals surface area contributed by atoms with Crippen LogP contribution in [0, 0.1) is 17.3 Å². The predicted octanol–water partition coefficient (Wildman–Crippen LogP) is 3.58. The minimum absolute atomic E-state index is 0.0886. The lowest BCUT2D eigenvalue weighted by atomic mass is 9.55. The van der Waals surface area contributed by atoms with Gasteiger partial charge >= 0.3 is 11.9 Å². The lowest BCUT2D eigenvalue weighted by molar-refractivity contribution is -0.158. The Labute approximate surface area is 159 Å². The summed E-state index contributed by atoms with van der Waals surface area (Å²) < 4.78 is 10.8. The fourth-order valence-electron chi connectivity index (χ4n) is 5.95. The number of hydrogen-bond acceptors (Lipinski definition) is 5. The molecule has 2 saturated carbocycles. The maximum Gasteiger partial charge on any atom is 0.308 e. The van der Waals surface area contributed by atoms with E-state index in [9.17, 15) is 14.4 Å². The summed E-state index contributed by atoms with van der Waals surface area (Å²) in [5, 5.41) is 0. The second-order valence-electron chi connectivity index (χ2n) is 8.57. The number of ketones is 1. The number of ether oxygens (including phenoxy) is 2. The molecule has 5 unspecified atom stereocenters. The van der Waals surface area contributed by atoms with E-state index in [1.165, 1.54) is 13.8 Å². The molecule has 0 radical (unpaired) electrons. The molecule has 1 aromatic rings. The van der Waals surface area contributed by atoms with Gasteiger partial charge in [0.05, 0.1) is 0 Å². The molecular weight excluding hydrogens is 344 g/mol. The highest BCUT2D eigenvalue weighted by atomic mass is 16.5. The lowest BCUT2D eigenvalue weighted by Crippen LogP contribution is -2.49. The molecule has 0 saturated heterocycles. The molecule has 0 aromatic heterocycles. The minimum atomic E-state index is -0.337. The van der Waals surface area contributed by atoms with Crippen LogP contribution in [0.15, 0.2) is 18.2 Å². The zero-order chi connectivity index (χ0) is 19.3. The van der Waals surface area contributed by atoms with Crippen LogP contribution in [-0.4, -0.2) is 23.8 Å². The molecule has 144 valence electrons. The van der Waals surface area contributed by atoms with Crippen molar-refractivity contribution in [1.29, 1.82) is 0 Å². The third-order valence-electron chi connectivity index (χ3n) is 6.94. The van der Waals surface area contributed by atoms with Crippen molar-refractivity contribution in [1.82, 2.24) is 0 Å². The summed E-state index contributed by atoms with van der Waals surface area (Å²) in [5.41, 5.74) is 1.95. The summed E-state index contributed by atoms with van der Waals surface area (Å²) in [6, 6.07) is 5.66. The van der Waals surface area contributed by atoms with Crippen LogP contribution in [0.25, 0.3) is 0 Å². The smallest absolute Gasteiger partial charge is 0.308 e. The van der Waals surface area contributed by atoms with Crippen LogP contribution < -0.4 is 4.74 Å². The van der Waals surface area contributed by atoms with Crippen molar-refractivity contribution in [2.75, 3.05) is 0 Å². The van der Waals surface area contributed by atoms with Gasteiger partial charge in [-0.3, -0.25) is 14.4 Å².